The number of carboxylic acid groups (broad SMARTS) is 1. The van der Waals surface area contributed by atoms with Crippen LogP contribution >= 0.6 is 0 Å². The van der Waals surface area contributed by atoms with Crippen LogP contribution in [0, 0.1) is 6.42 Å². The summed E-state index contributed by atoms with van der Waals surface area (Å²) in [5.41, 5.74) is 0.466. The number of carbonyl (C=O) groups is 1. The fourth-order valence-electron chi connectivity index (χ4n) is 0.922. The van der Waals surface area contributed by atoms with Gasteiger partial charge in [-0.05, 0) is 7.05 Å². The molecule has 0 aliphatic carbocycles. The molecule has 0 aromatic rings. The molecule has 1 N–H and O–H groups in total. The van der Waals surface area contributed by atoms with E-state index in [1.165, 1.54) is 0 Å². The number of hydrogen-bond acceptors (Lipinski definition) is 2. The highest BCUT2D eigenvalue weighted by molar-refractivity contribution is 5.87. The second kappa shape index (κ2) is 2.75. The highest BCUT2D eigenvalue weighted by Gasteiger charge is 2.22. The number of rotatable bonds is 1. The first-order valence-electron chi connectivity index (χ1n) is 3.14. The van der Waals surface area contributed by atoms with Crippen molar-refractivity contribution in [1.82, 2.24) is 4.90 Å². The van der Waals surface area contributed by atoms with E-state index in [1.54, 1.807) is 6.08 Å². The normalized spacial score (nSPS) is 19.5. The molecular weight excluding hydrogens is 130 g/mol. The zero-order valence-corrected chi connectivity index (χ0v) is 5.87. The van der Waals surface area contributed by atoms with Crippen LogP contribution < -0.4 is 0 Å². The molecule has 3 nitrogen and oxygen atoms in total. The summed E-state index contributed by atoms with van der Waals surface area (Å²) in [7, 11) is 1.90. The van der Waals surface area contributed by atoms with Crippen LogP contribution in [-0.2, 0) is 4.79 Å². The second-order valence-electron chi connectivity index (χ2n) is 2.43. The lowest BCUT2D eigenvalue weighted by atomic mass is 10.1. The quantitative estimate of drug-likeness (QED) is 0.527. The van der Waals surface area contributed by atoms with Crippen molar-refractivity contribution >= 4 is 5.97 Å². The predicted molar refractivity (Wildman–Crippen MR) is 37.5 cm³/mol. The van der Waals surface area contributed by atoms with Crippen molar-refractivity contribution < 1.29 is 9.90 Å². The summed E-state index contributed by atoms with van der Waals surface area (Å²) in [6.45, 7) is 1.39. The van der Waals surface area contributed by atoms with Gasteiger partial charge in [0.05, 0.1) is 13.0 Å². The van der Waals surface area contributed by atoms with Gasteiger partial charge in [0, 0.05) is 0 Å². The summed E-state index contributed by atoms with van der Waals surface area (Å²) in [4.78, 5) is 12.3. The van der Waals surface area contributed by atoms with Gasteiger partial charge in [-0.1, -0.05) is 0 Å². The smallest absolute Gasteiger partial charge is 0.418 e. The van der Waals surface area contributed by atoms with E-state index in [-0.39, 0.29) is 0 Å². The van der Waals surface area contributed by atoms with Gasteiger partial charge in [-0.25, -0.2) is 4.79 Å². The first-order chi connectivity index (χ1) is 4.70. The molecule has 54 valence electrons. The molecule has 1 heterocycles. The minimum atomic E-state index is -0.817. The lowest BCUT2D eigenvalue weighted by Gasteiger charge is -2.12. The molecular formula is C7H10NO2+. The van der Waals surface area contributed by atoms with E-state index >= 15 is 0 Å². The van der Waals surface area contributed by atoms with Crippen LogP contribution in [-0.4, -0.2) is 36.1 Å². The Morgan fingerprint density at radius 3 is 3.00 bits per heavy atom. The monoisotopic (exact) mass is 140 g/mol. The fourth-order valence-corrected chi connectivity index (χ4v) is 0.922. The average Bonchev–Trinajstić information content (AvgIpc) is 1.88. The van der Waals surface area contributed by atoms with Gasteiger partial charge >= 0.3 is 5.97 Å². The van der Waals surface area contributed by atoms with Gasteiger partial charge in [-0.2, -0.15) is 0 Å². The Balaban J connectivity index is 2.60. The van der Waals surface area contributed by atoms with Gasteiger partial charge in [-0.15, -0.1) is 0 Å². The van der Waals surface area contributed by atoms with Gasteiger partial charge < -0.3 is 5.11 Å². The van der Waals surface area contributed by atoms with Crippen molar-refractivity contribution in [3.05, 3.63) is 18.1 Å². The SMILES string of the molecule is CN1C[CH+]C=C(C(=O)O)C1. The standard InChI is InChI=1S/C7H9NO2/c1-8-4-2-3-6(5-8)7(9)10/h2-3H,4-5H2,1H3/p+1. The topological polar surface area (TPSA) is 40.5 Å². The molecule has 0 fully saturated rings. The van der Waals surface area contributed by atoms with E-state index in [1.807, 2.05) is 18.4 Å². The van der Waals surface area contributed by atoms with Crippen LogP contribution in [0.3, 0.4) is 0 Å². The van der Waals surface area contributed by atoms with Crippen LogP contribution in [0.5, 0.6) is 0 Å². The maximum Gasteiger partial charge on any atom is 0.418 e. The summed E-state index contributed by atoms with van der Waals surface area (Å²) in [6, 6.07) is 0. The fraction of sp³-hybridized carbons (Fsp3) is 0.429. The number of carboxylic acids is 1. The highest BCUT2D eigenvalue weighted by atomic mass is 16.4. The summed E-state index contributed by atoms with van der Waals surface area (Å²) >= 11 is 0. The third-order valence-corrected chi connectivity index (χ3v) is 1.45. The third-order valence-electron chi connectivity index (χ3n) is 1.45. The second-order valence-corrected chi connectivity index (χ2v) is 2.43. The largest absolute Gasteiger partial charge is 0.462 e. The van der Waals surface area contributed by atoms with E-state index in [2.05, 4.69) is 0 Å². The molecule has 0 atom stereocenters. The third kappa shape index (κ3) is 1.51. The zero-order valence-electron chi connectivity index (χ0n) is 5.87. The lowest BCUT2D eigenvalue weighted by Crippen LogP contribution is -2.28. The van der Waals surface area contributed by atoms with Crippen LogP contribution in [0.1, 0.15) is 0 Å². The Labute approximate surface area is 59.9 Å². The highest BCUT2D eigenvalue weighted by Crippen LogP contribution is 2.05. The van der Waals surface area contributed by atoms with Gasteiger partial charge in [-0.3, -0.25) is 4.90 Å². The molecule has 0 aromatic heterocycles. The van der Waals surface area contributed by atoms with Crippen LogP contribution in [0.4, 0.5) is 0 Å². The van der Waals surface area contributed by atoms with E-state index in [0.29, 0.717) is 12.1 Å². The van der Waals surface area contributed by atoms with Crippen molar-refractivity contribution in [3.63, 3.8) is 0 Å². The van der Waals surface area contributed by atoms with Gasteiger partial charge in [0.25, 0.3) is 0 Å². The number of aliphatic carboxylic acids is 1. The van der Waals surface area contributed by atoms with Crippen LogP contribution in [0.25, 0.3) is 0 Å². The molecule has 0 amide bonds. The molecule has 0 spiro atoms. The number of hydrogen-bond donors (Lipinski definition) is 1. The predicted octanol–water partition coefficient (Wildman–Crippen LogP) is 0.147. The Hall–Kier alpha value is -0.960. The summed E-state index contributed by atoms with van der Waals surface area (Å²) < 4.78 is 0. The van der Waals surface area contributed by atoms with Crippen molar-refractivity contribution in [2.24, 2.45) is 0 Å². The van der Waals surface area contributed by atoms with E-state index in [4.69, 9.17) is 5.11 Å². The van der Waals surface area contributed by atoms with E-state index in [0.717, 1.165) is 6.54 Å². The maximum absolute atomic E-state index is 10.4. The Bertz CT molecular complexity index is 174. The molecule has 1 rings (SSSR count). The van der Waals surface area contributed by atoms with Gasteiger partial charge in [0.1, 0.15) is 12.6 Å². The first-order valence-corrected chi connectivity index (χ1v) is 3.14. The molecule has 10 heavy (non-hydrogen) atoms. The maximum atomic E-state index is 10.4. The average molecular weight is 140 g/mol. The molecule has 1 aliphatic rings. The Morgan fingerprint density at radius 1 is 1.90 bits per heavy atom. The molecule has 0 unspecified atom stereocenters. The van der Waals surface area contributed by atoms with Crippen LogP contribution in [0.2, 0.25) is 0 Å². The molecule has 3 heteroatoms. The van der Waals surface area contributed by atoms with Crippen molar-refractivity contribution in [2.45, 2.75) is 0 Å². The van der Waals surface area contributed by atoms with Crippen molar-refractivity contribution in [2.75, 3.05) is 20.1 Å². The molecule has 0 radical (unpaired) electrons. The first kappa shape index (κ1) is 7.15. The van der Waals surface area contributed by atoms with Crippen LogP contribution in [0.15, 0.2) is 11.6 Å². The molecule has 0 bridgehead atoms. The Morgan fingerprint density at radius 2 is 2.60 bits per heavy atom. The van der Waals surface area contributed by atoms with Gasteiger partial charge in [0.15, 0.2) is 5.57 Å². The Kier molecular flexibility index (Phi) is 1.97. The number of nitrogens with zero attached hydrogens (tertiary/aromatic N) is 1. The van der Waals surface area contributed by atoms with Gasteiger partial charge in [0.2, 0.25) is 0 Å². The van der Waals surface area contributed by atoms with E-state index < -0.39 is 5.97 Å². The molecule has 0 aromatic carbocycles. The molecule has 0 saturated carbocycles. The summed E-state index contributed by atoms with van der Waals surface area (Å²) in [6.07, 6.45) is 3.52. The van der Waals surface area contributed by atoms with E-state index in [9.17, 15) is 4.79 Å². The van der Waals surface area contributed by atoms with Crippen molar-refractivity contribution in [1.29, 1.82) is 0 Å². The minimum absolute atomic E-state index is 0.466. The number of likely N-dealkylation sites (N-methyl/N-ethyl adjacent to an activating group) is 1. The lowest BCUT2D eigenvalue weighted by molar-refractivity contribution is -0.133. The molecule has 1 aliphatic heterocycles. The summed E-state index contributed by atoms with van der Waals surface area (Å²) in [5.74, 6) is -0.817. The molecule has 0 saturated heterocycles. The minimum Gasteiger partial charge on any atom is -0.462 e. The zero-order chi connectivity index (χ0) is 7.56. The van der Waals surface area contributed by atoms with Crippen molar-refractivity contribution in [3.8, 4) is 0 Å². The summed E-state index contributed by atoms with van der Waals surface area (Å²) in [5, 5.41) is 8.54.